The highest BCUT2D eigenvalue weighted by Gasteiger charge is 2.20. The fourth-order valence-corrected chi connectivity index (χ4v) is 1.89. The van der Waals surface area contributed by atoms with E-state index in [1.807, 2.05) is 0 Å². The first kappa shape index (κ1) is 14.2. The van der Waals surface area contributed by atoms with Gasteiger partial charge in [0.05, 0.1) is 23.7 Å². The lowest BCUT2D eigenvalue weighted by molar-refractivity contribution is -0.384. The lowest BCUT2D eigenvalue weighted by Gasteiger charge is -2.24. The number of nitrogen functional groups attached to an aromatic ring is 1. The number of nitro groups is 1. The summed E-state index contributed by atoms with van der Waals surface area (Å²) < 4.78 is 0. The van der Waals surface area contributed by atoms with Crippen LogP contribution in [0.4, 0.5) is 17.1 Å². The topological polar surface area (TPSA) is 113 Å². The van der Waals surface area contributed by atoms with Crippen LogP contribution in [0.1, 0.15) is 5.56 Å². The van der Waals surface area contributed by atoms with E-state index >= 15 is 0 Å². The maximum absolute atomic E-state index is 10.9. The second-order valence-corrected chi connectivity index (χ2v) is 3.84. The summed E-state index contributed by atoms with van der Waals surface area (Å²) in [7, 11) is 0. The van der Waals surface area contributed by atoms with Crippen LogP contribution < -0.4 is 10.6 Å². The van der Waals surface area contributed by atoms with E-state index in [0.717, 1.165) is 0 Å². The minimum absolute atomic E-state index is 0.0996. The van der Waals surface area contributed by atoms with Crippen LogP contribution in [0.2, 0.25) is 0 Å². The summed E-state index contributed by atoms with van der Waals surface area (Å²) in [6.07, 6.45) is 0. The first-order valence-corrected chi connectivity index (χ1v) is 5.53. The van der Waals surface area contributed by atoms with Crippen LogP contribution in [-0.4, -0.2) is 41.4 Å². The van der Waals surface area contributed by atoms with Crippen molar-refractivity contribution in [1.82, 2.24) is 0 Å². The highest BCUT2D eigenvalue weighted by molar-refractivity contribution is 5.72. The molecule has 0 aliphatic heterocycles. The Labute approximate surface area is 105 Å². The molecule has 0 amide bonds. The van der Waals surface area contributed by atoms with Crippen molar-refractivity contribution in [1.29, 1.82) is 0 Å². The number of hydrogen-bond acceptors (Lipinski definition) is 6. The third-order valence-corrected chi connectivity index (χ3v) is 2.70. The van der Waals surface area contributed by atoms with Gasteiger partial charge in [0.15, 0.2) is 0 Å². The molecule has 0 heterocycles. The standard InChI is InChI=1S/C11H17N3O4/c1-8-10(13(4-6-15)5-7-16)3-2-9(12)11(8)14(17)18/h2-3,15-16H,4-7,12H2,1H3. The van der Waals surface area contributed by atoms with Crippen molar-refractivity contribution in [3.63, 3.8) is 0 Å². The normalized spacial score (nSPS) is 10.4. The second kappa shape index (κ2) is 6.18. The molecule has 0 saturated carbocycles. The second-order valence-electron chi connectivity index (χ2n) is 3.84. The minimum atomic E-state index is -0.524. The van der Waals surface area contributed by atoms with Gasteiger partial charge in [0.2, 0.25) is 0 Å². The van der Waals surface area contributed by atoms with Crippen LogP contribution in [0.3, 0.4) is 0 Å². The monoisotopic (exact) mass is 255 g/mol. The smallest absolute Gasteiger partial charge is 0.297 e. The fourth-order valence-electron chi connectivity index (χ4n) is 1.89. The molecule has 1 aromatic rings. The van der Waals surface area contributed by atoms with Crippen molar-refractivity contribution in [3.8, 4) is 0 Å². The van der Waals surface area contributed by atoms with Gasteiger partial charge in [-0.1, -0.05) is 0 Å². The van der Waals surface area contributed by atoms with Gasteiger partial charge >= 0.3 is 0 Å². The van der Waals surface area contributed by atoms with Crippen LogP contribution >= 0.6 is 0 Å². The molecule has 0 aromatic heterocycles. The molecule has 0 aliphatic rings. The Morgan fingerprint density at radius 3 is 2.33 bits per heavy atom. The highest BCUT2D eigenvalue weighted by Crippen LogP contribution is 2.33. The maximum atomic E-state index is 10.9. The van der Waals surface area contributed by atoms with Gasteiger partial charge in [0.1, 0.15) is 5.69 Å². The summed E-state index contributed by atoms with van der Waals surface area (Å²) in [5.41, 5.74) is 6.58. The Morgan fingerprint density at radius 2 is 1.89 bits per heavy atom. The summed E-state index contributed by atoms with van der Waals surface area (Å²) in [6, 6.07) is 3.12. The molecule has 7 heteroatoms. The number of aliphatic hydroxyl groups is 2. The molecule has 0 saturated heterocycles. The van der Waals surface area contributed by atoms with Gasteiger partial charge in [-0.2, -0.15) is 0 Å². The molecule has 0 unspecified atom stereocenters. The molecule has 0 aliphatic carbocycles. The predicted octanol–water partition coefficient (Wildman–Crippen LogP) is 0.276. The van der Waals surface area contributed by atoms with Gasteiger partial charge in [-0.05, 0) is 19.1 Å². The number of nitro benzene ring substituents is 1. The molecule has 18 heavy (non-hydrogen) atoms. The van der Waals surface area contributed by atoms with Gasteiger partial charge < -0.3 is 20.8 Å². The van der Waals surface area contributed by atoms with Crippen molar-refractivity contribution in [3.05, 3.63) is 27.8 Å². The molecule has 0 fully saturated rings. The molecule has 0 radical (unpaired) electrons. The molecule has 1 aromatic carbocycles. The first-order valence-electron chi connectivity index (χ1n) is 5.53. The number of nitrogens with two attached hydrogens (primary N) is 1. The van der Waals surface area contributed by atoms with E-state index < -0.39 is 4.92 Å². The molecular formula is C11H17N3O4. The van der Waals surface area contributed by atoms with E-state index in [1.165, 1.54) is 6.07 Å². The molecule has 100 valence electrons. The number of nitrogens with zero attached hydrogens (tertiary/aromatic N) is 2. The summed E-state index contributed by atoms with van der Waals surface area (Å²) in [6.45, 7) is 1.99. The Hall–Kier alpha value is -1.86. The zero-order valence-electron chi connectivity index (χ0n) is 10.2. The first-order chi connectivity index (χ1) is 8.52. The van der Waals surface area contributed by atoms with E-state index in [2.05, 4.69) is 0 Å². The number of benzene rings is 1. The summed E-state index contributed by atoms with van der Waals surface area (Å²) in [5.74, 6) is 0. The van der Waals surface area contributed by atoms with E-state index in [-0.39, 0.29) is 24.6 Å². The quantitative estimate of drug-likeness (QED) is 0.382. The van der Waals surface area contributed by atoms with Gasteiger partial charge in [-0.15, -0.1) is 0 Å². The maximum Gasteiger partial charge on any atom is 0.297 e. The van der Waals surface area contributed by atoms with Crippen LogP contribution in [-0.2, 0) is 0 Å². The van der Waals surface area contributed by atoms with Crippen LogP contribution in [0.25, 0.3) is 0 Å². The lowest BCUT2D eigenvalue weighted by atomic mass is 10.1. The van der Waals surface area contributed by atoms with Crippen LogP contribution in [0, 0.1) is 17.0 Å². The Bertz CT molecular complexity index is 431. The number of anilines is 2. The predicted molar refractivity (Wildman–Crippen MR) is 68.6 cm³/mol. The zero-order valence-corrected chi connectivity index (χ0v) is 10.2. The summed E-state index contributed by atoms with van der Waals surface area (Å²) >= 11 is 0. The van der Waals surface area contributed by atoms with Crippen molar-refractivity contribution in [2.24, 2.45) is 0 Å². The van der Waals surface area contributed by atoms with E-state index in [9.17, 15) is 10.1 Å². The molecule has 7 nitrogen and oxygen atoms in total. The Kier molecular flexibility index (Phi) is 4.87. The van der Waals surface area contributed by atoms with Gasteiger partial charge in [-0.3, -0.25) is 10.1 Å². The Morgan fingerprint density at radius 1 is 1.33 bits per heavy atom. The highest BCUT2D eigenvalue weighted by atomic mass is 16.6. The molecule has 0 atom stereocenters. The molecular weight excluding hydrogens is 238 g/mol. The third kappa shape index (κ3) is 2.88. The molecule has 1 rings (SSSR count). The van der Waals surface area contributed by atoms with Crippen molar-refractivity contribution in [2.45, 2.75) is 6.92 Å². The molecule has 4 N–H and O–H groups in total. The van der Waals surface area contributed by atoms with E-state index in [0.29, 0.717) is 24.3 Å². The average Bonchev–Trinajstić information content (AvgIpc) is 2.28. The minimum Gasteiger partial charge on any atom is -0.395 e. The van der Waals surface area contributed by atoms with Gasteiger partial charge in [0, 0.05) is 18.8 Å². The number of hydrogen-bond donors (Lipinski definition) is 3. The van der Waals surface area contributed by atoms with Crippen molar-refractivity contribution < 1.29 is 15.1 Å². The van der Waals surface area contributed by atoms with Crippen molar-refractivity contribution in [2.75, 3.05) is 36.9 Å². The lowest BCUT2D eigenvalue weighted by Crippen LogP contribution is -2.30. The summed E-state index contributed by atoms with van der Waals surface area (Å²) in [4.78, 5) is 12.1. The SMILES string of the molecule is Cc1c(N(CCO)CCO)ccc(N)c1[N+](=O)[O-]. The Balaban J connectivity index is 3.23. The summed E-state index contributed by atoms with van der Waals surface area (Å²) in [5, 5.41) is 28.9. The third-order valence-electron chi connectivity index (χ3n) is 2.70. The largest absolute Gasteiger partial charge is 0.395 e. The van der Waals surface area contributed by atoms with Gasteiger partial charge in [-0.25, -0.2) is 0 Å². The van der Waals surface area contributed by atoms with Crippen molar-refractivity contribution >= 4 is 17.1 Å². The average molecular weight is 255 g/mol. The van der Waals surface area contributed by atoms with E-state index in [1.54, 1.807) is 17.9 Å². The number of rotatable bonds is 6. The number of aliphatic hydroxyl groups excluding tert-OH is 2. The fraction of sp³-hybridized carbons (Fsp3) is 0.455. The van der Waals surface area contributed by atoms with Gasteiger partial charge in [0.25, 0.3) is 5.69 Å². The van der Waals surface area contributed by atoms with Crippen LogP contribution in [0.15, 0.2) is 12.1 Å². The van der Waals surface area contributed by atoms with E-state index in [4.69, 9.17) is 15.9 Å². The van der Waals surface area contributed by atoms with Crippen LogP contribution in [0.5, 0.6) is 0 Å². The molecule has 0 spiro atoms. The zero-order chi connectivity index (χ0) is 13.7. The molecule has 0 bridgehead atoms.